The van der Waals surface area contributed by atoms with E-state index in [2.05, 4.69) is 0 Å². The summed E-state index contributed by atoms with van der Waals surface area (Å²) in [6.07, 6.45) is 0.239. The van der Waals surface area contributed by atoms with E-state index in [0.717, 1.165) is 11.8 Å². The van der Waals surface area contributed by atoms with Crippen molar-refractivity contribution >= 4 is 28.8 Å². The van der Waals surface area contributed by atoms with Gasteiger partial charge in [-0.15, -0.1) is 0 Å². The first-order chi connectivity index (χ1) is 6.97. The maximum Gasteiger partial charge on any atom is 0.307 e. The topological polar surface area (TPSA) is 91.7 Å². The van der Waals surface area contributed by atoms with Gasteiger partial charge in [-0.3, -0.25) is 14.4 Å². The van der Waals surface area contributed by atoms with Crippen LogP contribution in [0, 0.1) is 5.92 Å². The minimum Gasteiger partial charge on any atom is -0.481 e. The van der Waals surface area contributed by atoms with Crippen molar-refractivity contribution in [2.24, 2.45) is 5.92 Å². The molecule has 1 atom stereocenters. The average molecular weight is 234 g/mol. The third-order valence-electron chi connectivity index (χ3n) is 1.79. The number of carbonyl (C=O) groups is 3. The van der Waals surface area contributed by atoms with Crippen molar-refractivity contribution in [2.75, 3.05) is 5.75 Å². The standard InChI is InChI=1S/C9H14O5S/c1-2-8(12)15-5-6(9(13)14)3-4-7(10)11/h6H,2-5H2,1H3,(H,10,11)(H,13,14). The summed E-state index contributed by atoms with van der Waals surface area (Å²) < 4.78 is 0. The Balaban J connectivity index is 3.99. The van der Waals surface area contributed by atoms with Crippen molar-refractivity contribution in [3.63, 3.8) is 0 Å². The molecule has 0 amide bonds. The van der Waals surface area contributed by atoms with Crippen molar-refractivity contribution in [1.82, 2.24) is 0 Å². The molecule has 0 saturated carbocycles. The molecule has 0 spiro atoms. The molecule has 86 valence electrons. The number of carbonyl (C=O) groups excluding carboxylic acids is 1. The molecule has 5 nitrogen and oxygen atoms in total. The molecule has 2 N–H and O–H groups in total. The van der Waals surface area contributed by atoms with Gasteiger partial charge in [0.25, 0.3) is 0 Å². The van der Waals surface area contributed by atoms with Crippen LogP contribution in [0.2, 0.25) is 0 Å². The fourth-order valence-corrected chi connectivity index (χ4v) is 1.77. The lowest BCUT2D eigenvalue weighted by Gasteiger charge is -2.09. The Bertz CT molecular complexity index is 251. The second-order valence-electron chi connectivity index (χ2n) is 3.00. The summed E-state index contributed by atoms with van der Waals surface area (Å²) in [5, 5.41) is 17.1. The molecule has 6 heteroatoms. The van der Waals surface area contributed by atoms with Gasteiger partial charge < -0.3 is 10.2 Å². The van der Waals surface area contributed by atoms with Gasteiger partial charge in [0.05, 0.1) is 5.92 Å². The smallest absolute Gasteiger partial charge is 0.307 e. The first-order valence-electron chi connectivity index (χ1n) is 4.57. The van der Waals surface area contributed by atoms with Crippen LogP contribution in [0.1, 0.15) is 26.2 Å². The Labute approximate surface area is 91.9 Å². The largest absolute Gasteiger partial charge is 0.481 e. The Morgan fingerprint density at radius 2 is 1.87 bits per heavy atom. The summed E-state index contributed by atoms with van der Waals surface area (Å²) in [7, 11) is 0. The number of thioether (sulfide) groups is 1. The van der Waals surface area contributed by atoms with E-state index in [1.807, 2.05) is 0 Å². The van der Waals surface area contributed by atoms with Crippen molar-refractivity contribution in [1.29, 1.82) is 0 Å². The van der Waals surface area contributed by atoms with Crippen LogP contribution in [-0.4, -0.2) is 33.0 Å². The average Bonchev–Trinajstić information content (AvgIpc) is 2.16. The van der Waals surface area contributed by atoms with Crippen LogP contribution in [-0.2, 0) is 14.4 Å². The fraction of sp³-hybridized carbons (Fsp3) is 0.667. The number of rotatable bonds is 7. The maximum absolute atomic E-state index is 10.9. The molecule has 15 heavy (non-hydrogen) atoms. The molecule has 0 aliphatic carbocycles. The first kappa shape index (κ1) is 14.0. The highest BCUT2D eigenvalue weighted by Gasteiger charge is 2.19. The molecule has 0 aromatic rings. The van der Waals surface area contributed by atoms with Crippen LogP contribution in [0.3, 0.4) is 0 Å². The zero-order chi connectivity index (χ0) is 11.8. The van der Waals surface area contributed by atoms with Crippen molar-refractivity contribution in [3.8, 4) is 0 Å². The third kappa shape index (κ3) is 6.96. The molecule has 1 unspecified atom stereocenters. The van der Waals surface area contributed by atoms with Gasteiger partial charge in [-0.05, 0) is 6.42 Å². The molecule has 0 radical (unpaired) electrons. The first-order valence-corrected chi connectivity index (χ1v) is 5.56. The predicted molar refractivity (Wildman–Crippen MR) is 55.8 cm³/mol. The molecule has 0 rings (SSSR count). The molecule has 0 heterocycles. The Hall–Kier alpha value is -1.04. The second-order valence-corrected chi connectivity index (χ2v) is 4.08. The summed E-state index contributed by atoms with van der Waals surface area (Å²) in [4.78, 5) is 31.9. The van der Waals surface area contributed by atoms with Crippen molar-refractivity contribution in [3.05, 3.63) is 0 Å². The van der Waals surface area contributed by atoms with Gasteiger partial charge >= 0.3 is 11.9 Å². The predicted octanol–water partition coefficient (Wildman–Crippen LogP) is 1.22. The molecule has 0 saturated heterocycles. The van der Waals surface area contributed by atoms with E-state index in [1.54, 1.807) is 6.92 Å². The van der Waals surface area contributed by atoms with Crippen LogP contribution in [0.4, 0.5) is 0 Å². The van der Waals surface area contributed by atoms with Gasteiger partial charge in [-0.2, -0.15) is 0 Å². The molecule has 0 aliphatic rings. The Kier molecular flexibility index (Phi) is 6.77. The van der Waals surface area contributed by atoms with Crippen LogP contribution < -0.4 is 0 Å². The van der Waals surface area contributed by atoms with E-state index in [1.165, 1.54) is 0 Å². The van der Waals surface area contributed by atoms with Crippen LogP contribution >= 0.6 is 11.8 Å². The Morgan fingerprint density at radius 1 is 1.27 bits per heavy atom. The normalized spacial score (nSPS) is 12.1. The number of aliphatic carboxylic acids is 2. The summed E-state index contributed by atoms with van der Waals surface area (Å²) in [5.41, 5.74) is 0. The zero-order valence-corrected chi connectivity index (χ0v) is 9.25. The van der Waals surface area contributed by atoms with Crippen molar-refractivity contribution < 1.29 is 24.6 Å². The van der Waals surface area contributed by atoms with E-state index < -0.39 is 17.9 Å². The number of hydrogen-bond donors (Lipinski definition) is 2. The summed E-state index contributed by atoms with van der Waals surface area (Å²) >= 11 is 0.952. The van der Waals surface area contributed by atoms with Gasteiger partial charge in [0.15, 0.2) is 5.12 Å². The zero-order valence-electron chi connectivity index (χ0n) is 8.43. The SMILES string of the molecule is CCC(=O)SCC(CCC(=O)O)C(=O)O. The monoisotopic (exact) mass is 234 g/mol. The summed E-state index contributed by atoms with van der Waals surface area (Å²) in [6.45, 7) is 1.70. The summed E-state index contributed by atoms with van der Waals surface area (Å²) in [6, 6.07) is 0. The minimum absolute atomic E-state index is 0.0641. The second kappa shape index (κ2) is 7.28. The van der Waals surface area contributed by atoms with E-state index in [9.17, 15) is 14.4 Å². The highest BCUT2D eigenvalue weighted by molar-refractivity contribution is 8.13. The van der Waals surface area contributed by atoms with Crippen LogP contribution in [0.5, 0.6) is 0 Å². The van der Waals surface area contributed by atoms with Gasteiger partial charge in [0.1, 0.15) is 0 Å². The van der Waals surface area contributed by atoms with Crippen LogP contribution in [0.25, 0.3) is 0 Å². The molecule has 0 aliphatic heterocycles. The van der Waals surface area contributed by atoms with E-state index in [4.69, 9.17) is 10.2 Å². The number of carboxylic acids is 2. The molecule has 0 fully saturated rings. The number of hydrogen-bond acceptors (Lipinski definition) is 4. The lowest BCUT2D eigenvalue weighted by Crippen LogP contribution is -2.18. The molecule has 0 bridgehead atoms. The highest BCUT2D eigenvalue weighted by Crippen LogP contribution is 2.16. The lowest BCUT2D eigenvalue weighted by atomic mass is 10.1. The van der Waals surface area contributed by atoms with Crippen LogP contribution in [0.15, 0.2) is 0 Å². The highest BCUT2D eigenvalue weighted by atomic mass is 32.2. The maximum atomic E-state index is 10.9. The van der Waals surface area contributed by atoms with Gasteiger partial charge in [-0.25, -0.2) is 0 Å². The fourth-order valence-electron chi connectivity index (χ4n) is 0.871. The molecule has 0 aromatic carbocycles. The molecular weight excluding hydrogens is 220 g/mol. The quantitative estimate of drug-likeness (QED) is 0.688. The summed E-state index contributed by atoms with van der Waals surface area (Å²) in [5.74, 6) is -2.68. The minimum atomic E-state index is -1.05. The molecular formula is C9H14O5S. The van der Waals surface area contributed by atoms with Gasteiger partial charge in [0.2, 0.25) is 0 Å². The lowest BCUT2D eigenvalue weighted by molar-refractivity contribution is -0.142. The van der Waals surface area contributed by atoms with Crippen molar-refractivity contribution in [2.45, 2.75) is 26.2 Å². The Morgan fingerprint density at radius 3 is 2.27 bits per heavy atom. The van der Waals surface area contributed by atoms with E-state index in [0.29, 0.717) is 6.42 Å². The van der Waals surface area contributed by atoms with Gasteiger partial charge in [-0.1, -0.05) is 18.7 Å². The van der Waals surface area contributed by atoms with E-state index >= 15 is 0 Å². The van der Waals surface area contributed by atoms with Gasteiger partial charge in [0, 0.05) is 18.6 Å². The molecule has 0 aromatic heterocycles. The third-order valence-corrected chi connectivity index (χ3v) is 2.97. The van der Waals surface area contributed by atoms with E-state index in [-0.39, 0.29) is 23.7 Å². The number of carboxylic acid groups (broad SMARTS) is 2.